The Labute approximate surface area is 111 Å². The minimum Gasteiger partial charge on any atom is -0.462 e. The molecule has 0 spiro atoms. The van der Waals surface area contributed by atoms with Gasteiger partial charge in [-0.15, -0.1) is 0 Å². The van der Waals surface area contributed by atoms with Gasteiger partial charge in [0.25, 0.3) is 0 Å². The number of hydrogen-bond acceptors (Lipinski definition) is 4. The van der Waals surface area contributed by atoms with E-state index in [1.807, 2.05) is 6.92 Å². The number of esters is 1. The van der Waals surface area contributed by atoms with Crippen molar-refractivity contribution in [1.82, 2.24) is 0 Å². The number of primary sulfonamides is 1. The van der Waals surface area contributed by atoms with E-state index < -0.39 is 26.7 Å². The van der Waals surface area contributed by atoms with Crippen molar-refractivity contribution in [1.29, 1.82) is 0 Å². The third kappa shape index (κ3) is 4.96. The highest BCUT2D eigenvalue weighted by Crippen LogP contribution is 2.14. The Kier molecular flexibility index (Phi) is 5.44. The fourth-order valence-electron chi connectivity index (χ4n) is 1.45. The summed E-state index contributed by atoms with van der Waals surface area (Å²) in [5.41, 5.74) is -0.166. The van der Waals surface area contributed by atoms with E-state index >= 15 is 0 Å². The van der Waals surface area contributed by atoms with Crippen LogP contribution in [0.1, 0.15) is 36.5 Å². The van der Waals surface area contributed by atoms with Gasteiger partial charge in [0.2, 0.25) is 10.0 Å². The van der Waals surface area contributed by atoms with Crippen molar-refractivity contribution in [3.05, 3.63) is 29.6 Å². The maximum atomic E-state index is 13.2. The smallest absolute Gasteiger partial charge is 0.338 e. The lowest BCUT2D eigenvalue weighted by molar-refractivity contribution is 0.0497. The van der Waals surface area contributed by atoms with Crippen LogP contribution in [-0.2, 0) is 14.8 Å². The summed E-state index contributed by atoms with van der Waals surface area (Å²) in [6.07, 6.45) is 2.60. The zero-order valence-electron chi connectivity index (χ0n) is 10.6. The lowest BCUT2D eigenvalue weighted by Gasteiger charge is -2.06. The van der Waals surface area contributed by atoms with Crippen LogP contribution in [0.3, 0.4) is 0 Å². The fraction of sp³-hybridized carbons (Fsp3) is 0.417. The number of carbonyl (C=O) groups is 1. The monoisotopic (exact) mass is 289 g/mol. The van der Waals surface area contributed by atoms with Crippen molar-refractivity contribution in [3.8, 4) is 0 Å². The highest BCUT2D eigenvalue weighted by atomic mass is 32.2. The van der Waals surface area contributed by atoms with E-state index in [4.69, 9.17) is 9.88 Å². The molecule has 106 valence electrons. The van der Waals surface area contributed by atoms with E-state index in [1.54, 1.807) is 0 Å². The molecule has 0 aliphatic rings. The van der Waals surface area contributed by atoms with Crippen LogP contribution in [0.4, 0.5) is 4.39 Å². The number of sulfonamides is 1. The summed E-state index contributed by atoms with van der Waals surface area (Å²) >= 11 is 0. The van der Waals surface area contributed by atoms with Crippen molar-refractivity contribution in [2.45, 2.75) is 31.1 Å². The predicted octanol–water partition coefficient (Wildman–Crippen LogP) is 1.82. The Morgan fingerprint density at radius 1 is 1.32 bits per heavy atom. The molecule has 19 heavy (non-hydrogen) atoms. The number of unbranched alkanes of at least 4 members (excludes halogenated alkanes) is 2. The zero-order valence-corrected chi connectivity index (χ0v) is 11.4. The number of ether oxygens (including phenoxy) is 1. The summed E-state index contributed by atoms with van der Waals surface area (Å²) in [7, 11) is -4.06. The highest BCUT2D eigenvalue weighted by molar-refractivity contribution is 7.89. The topological polar surface area (TPSA) is 86.5 Å². The fourth-order valence-corrected chi connectivity index (χ4v) is 2.01. The van der Waals surface area contributed by atoms with Gasteiger partial charge < -0.3 is 4.74 Å². The summed E-state index contributed by atoms with van der Waals surface area (Å²) in [6.45, 7) is 2.22. The second-order valence-electron chi connectivity index (χ2n) is 4.06. The molecular weight excluding hydrogens is 273 g/mol. The molecule has 0 saturated heterocycles. The molecule has 0 aromatic heterocycles. The van der Waals surface area contributed by atoms with E-state index in [2.05, 4.69) is 0 Å². The molecule has 0 fully saturated rings. The normalized spacial score (nSPS) is 11.3. The van der Waals surface area contributed by atoms with Gasteiger partial charge in [0.15, 0.2) is 0 Å². The molecule has 1 aromatic rings. The molecule has 0 unspecified atom stereocenters. The standard InChI is InChI=1S/C12H16FNO4S/c1-2-3-4-5-18-12(15)9-6-10(13)8-11(7-9)19(14,16)17/h6-8H,2-5H2,1H3,(H2,14,16,17). The molecule has 7 heteroatoms. The van der Waals surface area contributed by atoms with Gasteiger partial charge in [-0.25, -0.2) is 22.7 Å². The molecule has 2 N–H and O–H groups in total. The second-order valence-corrected chi connectivity index (χ2v) is 5.63. The molecule has 0 atom stereocenters. The molecule has 0 bridgehead atoms. The number of benzene rings is 1. The minimum atomic E-state index is -4.06. The van der Waals surface area contributed by atoms with Crippen molar-refractivity contribution in [3.63, 3.8) is 0 Å². The average Bonchev–Trinajstić information content (AvgIpc) is 2.32. The molecule has 0 heterocycles. The molecule has 0 aliphatic heterocycles. The first-order valence-corrected chi connectivity index (χ1v) is 7.39. The molecule has 0 radical (unpaired) electrons. The molecule has 0 saturated carbocycles. The number of hydrogen-bond donors (Lipinski definition) is 1. The van der Waals surface area contributed by atoms with Crippen molar-refractivity contribution in [2.75, 3.05) is 6.61 Å². The van der Waals surface area contributed by atoms with Gasteiger partial charge in [-0.1, -0.05) is 19.8 Å². The van der Waals surface area contributed by atoms with Crippen LogP contribution in [0.5, 0.6) is 0 Å². The van der Waals surface area contributed by atoms with Gasteiger partial charge in [0.1, 0.15) is 5.82 Å². The van der Waals surface area contributed by atoms with Crippen molar-refractivity contribution in [2.24, 2.45) is 5.14 Å². The Balaban J connectivity index is 2.83. The minimum absolute atomic E-state index is 0.166. The van der Waals surface area contributed by atoms with Gasteiger partial charge in [-0.3, -0.25) is 0 Å². The number of nitrogens with two attached hydrogens (primary N) is 1. The second kappa shape index (κ2) is 6.63. The molecule has 0 aliphatic carbocycles. The third-order valence-electron chi connectivity index (χ3n) is 2.42. The average molecular weight is 289 g/mol. The van der Waals surface area contributed by atoms with E-state index in [9.17, 15) is 17.6 Å². The summed E-state index contributed by atoms with van der Waals surface area (Å²) in [6, 6.07) is 2.67. The quantitative estimate of drug-likeness (QED) is 0.639. The molecule has 0 amide bonds. The first-order valence-electron chi connectivity index (χ1n) is 5.85. The van der Waals surface area contributed by atoms with Gasteiger partial charge in [0.05, 0.1) is 17.1 Å². The molecular formula is C12H16FNO4S. The maximum Gasteiger partial charge on any atom is 0.338 e. The van der Waals surface area contributed by atoms with Crippen LogP contribution in [-0.4, -0.2) is 21.0 Å². The first-order chi connectivity index (χ1) is 8.84. The summed E-state index contributed by atoms with van der Waals surface area (Å²) < 4.78 is 40.4. The Morgan fingerprint density at radius 3 is 2.58 bits per heavy atom. The van der Waals surface area contributed by atoms with Gasteiger partial charge in [-0.05, 0) is 24.6 Å². The van der Waals surface area contributed by atoms with Crippen LogP contribution in [0, 0.1) is 5.82 Å². The largest absolute Gasteiger partial charge is 0.462 e. The summed E-state index contributed by atoms with van der Waals surface area (Å²) in [4.78, 5) is 11.2. The van der Waals surface area contributed by atoms with E-state index in [-0.39, 0.29) is 12.2 Å². The van der Waals surface area contributed by atoms with E-state index in [0.29, 0.717) is 6.42 Å². The van der Waals surface area contributed by atoms with Gasteiger partial charge in [-0.2, -0.15) is 0 Å². The third-order valence-corrected chi connectivity index (χ3v) is 3.31. The Hall–Kier alpha value is -1.47. The molecule has 1 aromatic carbocycles. The van der Waals surface area contributed by atoms with Crippen molar-refractivity contribution < 1.29 is 22.3 Å². The highest BCUT2D eigenvalue weighted by Gasteiger charge is 2.15. The van der Waals surface area contributed by atoms with Crippen LogP contribution >= 0.6 is 0 Å². The number of rotatable bonds is 6. The first kappa shape index (κ1) is 15.6. The summed E-state index contributed by atoms with van der Waals surface area (Å²) in [5.74, 6) is -1.62. The summed E-state index contributed by atoms with van der Waals surface area (Å²) in [5, 5.41) is 4.89. The zero-order chi connectivity index (χ0) is 14.5. The van der Waals surface area contributed by atoms with Gasteiger partial charge in [0, 0.05) is 0 Å². The number of halogens is 1. The predicted molar refractivity (Wildman–Crippen MR) is 67.6 cm³/mol. The van der Waals surface area contributed by atoms with E-state index in [1.165, 1.54) is 0 Å². The van der Waals surface area contributed by atoms with Crippen LogP contribution in [0.15, 0.2) is 23.1 Å². The lowest BCUT2D eigenvalue weighted by Crippen LogP contribution is -2.14. The van der Waals surface area contributed by atoms with Crippen LogP contribution in [0.25, 0.3) is 0 Å². The molecule has 5 nitrogen and oxygen atoms in total. The lowest BCUT2D eigenvalue weighted by atomic mass is 10.2. The van der Waals surface area contributed by atoms with E-state index in [0.717, 1.165) is 31.0 Å². The number of carbonyl (C=O) groups excluding carboxylic acids is 1. The maximum absolute atomic E-state index is 13.2. The van der Waals surface area contributed by atoms with Crippen molar-refractivity contribution >= 4 is 16.0 Å². The molecule has 1 rings (SSSR count). The Morgan fingerprint density at radius 2 is 2.00 bits per heavy atom. The van der Waals surface area contributed by atoms with Crippen LogP contribution in [0.2, 0.25) is 0 Å². The SMILES string of the molecule is CCCCCOC(=O)c1cc(F)cc(S(N)(=O)=O)c1. The van der Waals surface area contributed by atoms with Crippen LogP contribution < -0.4 is 5.14 Å². The van der Waals surface area contributed by atoms with Gasteiger partial charge >= 0.3 is 5.97 Å². The Bertz CT molecular complexity index is 557.